The van der Waals surface area contributed by atoms with Gasteiger partial charge in [0.25, 0.3) is 0 Å². The molecule has 5 nitrogen and oxygen atoms in total. The second kappa shape index (κ2) is 4.56. The first-order chi connectivity index (χ1) is 9.19. The standard InChI is InChI=1S/C13H13FN4O/c14-10-3-1-8(2-4-10)11-5-12-16-6-9(7-19)13(15)18(12)17-11/h1-6,9,13,19H,7,15H2. The Bertz CT molecular complexity index is 620. The summed E-state index contributed by atoms with van der Waals surface area (Å²) in [5.41, 5.74) is 7.48. The molecule has 3 N–H and O–H groups in total. The summed E-state index contributed by atoms with van der Waals surface area (Å²) in [7, 11) is 0. The van der Waals surface area contributed by atoms with E-state index in [1.54, 1.807) is 29.1 Å². The zero-order valence-corrected chi connectivity index (χ0v) is 10.1. The van der Waals surface area contributed by atoms with Gasteiger partial charge in [0.15, 0.2) is 5.82 Å². The van der Waals surface area contributed by atoms with Crippen LogP contribution in [0.4, 0.5) is 10.2 Å². The van der Waals surface area contributed by atoms with E-state index in [2.05, 4.69) is 10.1 Å². The van der Waals surface area contributed by atoms with Crippen LogP contribution < -0.4 is 5.73 Å². The van der Waals surface area contributed by atoms with E-state index in [1.807, 2.05) is 0 Å². The van der Waals surface area contributed by atoms with Crippen molar-refractivity contribution < 1.29 is 9.50 Å². The highest BCUT2D eigenvalue weighted by Crippen LogP contribution is 2.29. The molecule has 19 heavy (non-hydrogen) atoms. The lowest BCUT2D eigenvalue weighted by Gasteiger charge is -2.23. The number of aliphatic hydroxyl groups excluding tert-OH is 1. The van der Waals surface area contributed by atoms with Gasteiger partial charge in [-0.05, 0) is 24.3 Å². The fraction of sp³-hybridized carbons (Fsp3) is 0.231. The molecule has 1 aliphatic rings. The van der Waals surface area contributed by atoms with Crippen LogP contribution in [0.25, 0.3) is 11.3 Å². The third-order valence-corrected chi connectivity index (χ3v) is 3.19. The largest absolute Gasteiger partial charge is 0.396 e. The molecule has 0 saturated carbocycles. The van der Waals surface area contributed by atoms with E-state index in [1.165, 1.54) is 12.1 Å². The van der Waals surface area contributed by atoms with Gasteiger partial charge in [-0.1, -0.05) is 0 Å². The number of nitrogens with zero attached hydrogens (tertiary/aromatic N) is 3. The van der Waals surface area contributed by atoms with Crippen LogP contribution in [0, 0.1) is 11.7 Å². The lowest BCUT2D eigenvalue weighted by molar-refractivity contribution is 0.217. The van der Waals surface area contributed by atoms with Crippen molar-refractivity contribution >= 4 is 12.0 Å². The number of hydrogen-bond donors (Lipinski definition) is 2. The van der Waals surface area contributed by atoms with Crippen LogP contribution in [0.15, 0.2) is 35.3 Å². The lowest BCUT2D eigenvalue weighted by atomic mass is 10.1. The van der Waals surface area contributed by atoms with Gasteiger partial charge in [0, 0.05) is 17.8 Å². The Balaban J connectivity index is 2.00. The minimum absolute atomic E-state index is 0.0736. The molecule has 6 heteroatoms. The minimum atomic E-state index is -0.438. The molecule has 0 amide bonds. The number of nitrogens with two attached hydrogens (primary N) is 1. The number of aliphatic imine (C=N–C) groups is 1. The second-order valence-electron chi connectivity index (χ2n) is 4.45. The van der Waals surface area contributed by atoms with Crippen LogP contribution in [-0.4, -0.2) is 27.7 Å². The Morgan fingerprint density at radius 2 is 2.05 bits per heavy atom. The van der Waals surface area contributed by atoms with Crippen LogP contribution >= 0.6 is 0 Å². The molecule has 0 spiro atoms. The monoisotopic (exact) mass is 260 g/mol. The summed E-state index contributed by atoms with van der Waals surface area (Å²) in [5, 5.41) is 13.6. The average Bonchev–Trinajstić information content (AvgIpc) is 2.85. The summed E-state index contributed by atoms with van der Waals surface area (Å²) in [6.45, 7) is -0.0736. The predicted octanol–water partition coefficient (Wildman–Crippen LogP) is 1.47. The molecular weight excluding hydrogens is 247 g/mol. The predicted molar refractivity (Wildman–Crippen MR) is 69.6 cm³/mol. The van der Waals surface area contributed by atoms with E-state index in [4.69, 9.17) is 5.73 Å². The Morgan fingerprint density at radius 1 is 1.32 bits per heavy atom. The van der Waals surface area contributed by atoms with E-state index in [0.717, 1.165) is 5.56 Å². The molecule has 0 aliphatic carbocycles. The van der Waals surface area contributed by atoms with E-state index >= 15 is 0 Å². The maximum absolute atomic E-state index is 12.9. The third-order valence-electron chi connectivity index (χ3n) is 3.19. The van der Waals surface area contributed by atoms with Crippen molar-refractivity contribution in [1.29, 1.82) is 0 Å². The van der Waals surface area contributed by atoms with Crippen LogP contribution in [0.3, 0.4) is 0 Å². The molecule has 2 unspecified atom stereocenters. The van der Waals surface area contributed by atoms with Crippen molar-refractivity contribution in [1.82, 2.24) is 9.78 Å². The van der Waals surface area contributed by atoms with Crippen LogP contribution in [0.2, 0.25) is 0 Å². The number of aromatic nitrogens is 2. The maximum atomic E-state index is 12.9. The third kappa shape index (κ3) is 2.05. The van der Waals surface area contributed by atoms with Gasteiger partial charge in [-0.15, -0.1) is 0 Å². The Labute approximate surface area is 109 Å². The molecule has 0 fully saturated rings. The highest BCUT2D eigenvalue weighted by Gasteiger charge is 2.25. The summed E-state index contributed by atoms with van der Waals surface area (Å²) in [4.78, 5) is 4.22. The topological polar surface area (TPSA) is 76.4 Å². The molecule has 2 aromatic rings. The zero-order chi connectivity index (χ0) is 13.4. The smallest absolute Gasteiger partial charge is 0.152 e. The van der Waals surface area contributed by atoms with Gasteiger partial charge >= 0.3 is 0 Å². The van der Waals surface area contributed by atoms with Crippen molar-refractivity contribution in [2.24, 2.45) is 16.6 Å². The number of aliphatic hydroxyl groups is 1. The van der Waals surface area contributed by atoms with E-state index in [-0.39, 0.29) is 18.3 Å². The molecule has 2 heterocycles. The van der Waals surface area contributed by atoms with Crippen molar-refractivity contribution in [2.45, 2.75) is 6.17 Å². The summed E-state index contributed by atoms with van der Waals surface area (Å²) >= 11 is 0. The van der Waals surface area contributed by atoms with Crippen molar-refractivity contribution in [3.63, 3.8) is 0 Å². The van der Waals surface area contributed by atoms with Crippen LogP contribution in [0.5, 0.6) is 0 Å². The van der Waals surface area contributed by atoms with Gasteiger partial charge < -0.3 is 10.8 Å². The molecule has 3 rings (SSSR count). The lowest BCUT2D eigenvalue weighted by Crippen LogP contribution is -2.33. The number of rotatable bonds is 2. The fourth-order valence-electron chi connectivity index (χ4n) is 2.06. The fourth-order valence-corrected chi connectivity index (χ4v) is 2.06. The van der Waals surface area contributed by atoms with Crippen molar-refractivity contribution in [3.05, 3.63) is 36.1 Å². The summed E-state index contributed by atoms with van der Waals surface area (Å²) < 4.78 is 14.5. The zero-order valence-electron chi connectivity index (χ0n) is 10.1. The summed E-state index contributed by atoms with van der Waals surface area (Å²) in [5.74, 6) is 0.104. The van der Waals surface area contributed by atoms with Crippen LogP contribution in [0.1, 0.15) is 6.17 Å². The quantitative estimate of drug-likeness (QED) is 0.858. The molecular formula is C13H13FN4O. The van der Waals surface area contributed by atoms with E-state index in [9.17, 15) is 9.50 Å². The first kappa shape index (κ1) is 12.0. The second-order valence-corrected chi connectivity index (χ2v) is 4.45. The molecule has 1 aromatic carbocycles. The Hall–Kier alpha value is -2.05. The normalized spacial score (nSPS) is 21.4. The van der Waals surface area contributed by atoms with E-state index in [0.29, 0.717) is 11.5 Å². The summed E-state index contributed by atoms with van der Waals surface area (Å²) in [6, 6.07) is 7.86. The first-order valence-corrected chi connectivity index (χ1v) is 5.95. The molecule has 98 valence electrons. The number of halogens is 1. The number of fused-ring (bicyclic) bond motifs is 1. The maximum Gasteiger partial charge on any atom is 0.152 e. The molecule has 0 radical (unpaired) electrons. The minimum Gasteiger partial charge on any atom is -0.396 e. The number of benzene rings is 1. The van der Waals surface area contributed by atoms with Gasteiger partial charge in [0.1, 0.15) is 12.0 Å². The molecule has 0 saturated heterocycles. The highest BCUT2D eigenvalue weighted by atomic mass is 19.1. The summed E-state index contributed by atoms with van der Waals surface area (Å²) in [6.07, 6.45) is 1.20. The SMILES string of the molecule is NC1C(CO)C=Nc2cc(-c3ccc(F)cc3)nn21. The molecule has 1 aliphatic heterocycles. The van der Waals surface area contributed by atoms with Gasteiger partial charge in [-0.25, -0.2) is 14.1 Å². The van der Waals surface area contributed by atoms with Crippen LogP contribution in [-0.2, 0) is 0 Å². The first-order valence-electron chi connectivity index (χ1n) is 5.95. The molecule has 0 bridgehead atoms. The Kier molecular flexibility index (Phi) is 2.88. The van der Waals surface area contributed by atoms with E-state index < -0.39 is 6.17 Å². The molecule has 1 aromatic heterocycles. The van der Waals surface area contributed by atoms with Gasteiger partial charge in [0.2, 0.25) is 0 Å². The number of hydrogen-bond acceptors (Lipinski definition) is 4. The Morgan fingerprint density at radius 3 is 2.74 bits per heavy atom. The van der Waals surface area contributed by atoms with Crippen molar-refractivity contribution in [3.8, 4) is 11.3 Å². The molecule has 2 atom stereocenters. The highest BCUT2D eigenvalue weighted by molar-refractivity contribution is 5.70. The van der Waals surface area contributed by atoms with Gasteiger partial charge in [0.05, 0.1) is 18.2 Å². The van der Waals surface area contributed by atoms with Gasteiger partial charge in [-0.2, -0.15) is 5.10 Å². The van der Waals surface area contributed by atoms with Crippen molar-refractivity contribution in [2.75, 3.05) is 6.61 Å². The van der Waals surface area contributed by atoms with Gasteiger partial charge in [-0.3, -0.25) is 0 Å². The average molecular weight is 260 g/mol.